The summed E-state index contributed by atoms with van der Waals surface area (Å²) in [5.41, 5.74) is 2.92. The van der Waals surface area contributed by atoms with Gasteiger partial charge in [0.15, 0.2) is 0 Å². The number of oxazole rings is 1. The Kier molecular flexibility index (Phi) is 7.63. The van der Waals surface area contributed by atoms with Crippen molar-refractivity contribution in [3.05, 3.63) is 41.3 Å². The number of aliphatic carboxylic acids is 1. The molecule has 0 spiro atoms. The molecule has 0 saturated heterocycles. The molecule has 1 amide bonds. The quantitative estimate of drug-likeness (QED) is 0.643. The first kappa shape index (κ1) is 22.0. The molecule has 0 bridgehead atoms. The molecule has 0 aliphatic heterocycles. The van der Waals surface area contributed by atoms with Gasteiger partial charge in [-0.1, -0.05) is 24.1 Å². The van der Waals surface area contributed by atoms with E-state index < -0.39 is 5.97 Å². The lowest BCUT2D eigenvalue weighted by Gasteiger charge is -2.29. The van der Waals surface area contributed by atoms with E-state index in [2.05, 4.69) is 10.3 Å². The van der Waals surface area contributed by atoms with Crippen LogP contribution < -0.4 is 5.32 Å². The Labute approximate surface area is 176 Å². The summed E-state index contributed by atoms with van der Waals surface area (Å²) >= 11 is 0. The predicted octanol–water partition coefficient (Wildman–Crippen LogP) is 4.01. The Morgan fingerprint density at radius 2 is 2.10 bits per heavy atom. The number of hydrogen-bond acceptors (Lipinski definition) is 5. The van der Waals surface area contributed by atoms with Crippen molar-refractivity contribution in [1.29, 1.82) is 0 Å². The van der Waals surface area contributed by atoms with E-state index in [9.17, 15) is 9.59 Å². The molecule has 1 saturated carbocycles. The number of benzene rings is 1. The van der Waals surface area contributed by atoms with Crippen LogP contribution in [0, 0.1) is 19.8 Å². The van der Waals surface area contributed by atoms with Crippen LogP contribution in [0.2, 0.25) is 0 Å². The van der Waals surface area contributed by atoms with Crippen LogP contribution in [0.3, 0.4) is 0 Å². The third-order valence-electron chi connectivity index (χ3n) is 5.46. The highest BCUT2D eigenvalue weighted by molar-refractivity contribution is 5.80. The molecule has 2 N–H and O–H groups in total. The number of carbonyl (C=O) groups excluding carboxylic acids is 1. The smallest absolute Gasteiger partial charge is 0.303 e. The maximum atomic E-state index is 11.9. The minimum absolute atomic E-state index is 0.0295. The number of carboxylic acids is 1. The fourth-order valence-corrected chi connectivity index (χ4v) is 3.88. The molecule has 1 aliphatic rings. The van der Waals surface area contributed by atoms with E-state index in [1.54, 1.807) is 0 Å². The molecule has 30 heavy (non-hydrogen) atoms. The summed E-state index contributed by atoms with van der Waals surface area (Å²) in [6.07, 6.45) is 3.77. The van der Waals surface area contributed by atoms with Gasteiger partial charge in [0.1, 0.15) is 11.5 Å². The zero-order chi connectivity index (χ0) is 21.5. The first-order valence-corrected chi connectivity index (χ1v) is 10.5. The van der Waals surface area contributed by atoms with Crippen molar-refractivity contribution in [3.63, 3.8) is 0 Å². The van der Waals surface area contributed by atoms with Crippen molar-refractivity contribution >= 4 is 11.9 Å². The summed E-state index contributed by atoms with van der Waals surface area (Å²) in [5.74, 6) is 0.599. The first-order valence-electron chi connectivity index (χ1n) is 10.5. The monoisotopic (exact) mass is 414 g/mol. The van der Waals surface area contributed by atoms with Crippen LogP contribution in [0.15, 0.2) is 28.7 Å². The number of carbonyl (C=O) groups is 2. The molecule has 1 fully saturated rings. The van der Waals surface area contributed by atoms with Crippen LogP contribution in [0.25, 0.3) is 11.5 Å². The Bertz CT molecular complexity index is 876. The highest BCUT2D eigenvalue weighted by Gasteiger charge is 2.24. The van der Waals surface area contributed by atoms with E-state index in [0.717, 1.165) is 48.3 Å². The minimum Gasteiger partial charge on any atom is -0.481 e. The summed E-state index contributed by atoms with van der Waals surface area (Å²) in [4.78, 5) is 27.1. The third kappa shape index (κ3) is 6.42. The Balaban J connectivity index is 1.46. The van der Waals surface area contributed by atoms with Gasteiger partial charge in [-0.3, -0.25) is 9.59 Å². The average Bonchev–Trinajstić information content (AvgIpc) is 3.07. The number of aryl methyl sites for hydroxylation is 2. The number of amides is 1. The maximum Gasteiger partial charge on any atom is 0.303 e. The molecule has 3 rings (SSSR count). The molecule has 1 aromatic carbocycles. The molecular formula is C23H30N2O5. The van der Waals surface area contributed by atoms with Gasteiger partial charge in [-0.2, -0.15) is 0 Å². The number of rotatable bonds is 9. The fourth-order valence-electron chi connectivity index (χ4n) is 3.88. The van der Waals surface area contributed by atoms with E-state index in [1.165, 1.54) is 0 Å². The van der Waals surface area contributed by atoms with Crippen LogP contribution in [0.1, 0.15) is 55.5 Å². The summed E-state index contributed by atoms with van der Waals surface area (Å²) < 4.78 is 11.8. The predicted molar refractivity (Wildman–Crippen MR) is 112 cm³/mol. The largest absolute Gasteiger partial charge is 0.481 e. The van der Waals surface area contributed by atoms with E-state index in [1.807, 2.05) is 38.1 Å². The second-order valence-corrected chi connectivity index (χ2v) is 8.10. The lowest BCUT2D eigenvalue weighted by atomic mass is 9.86. The van der Waals surface area contributed by atoms with Crippen molar-refractivity contribution in [1.82, 2.24) is 10.3 Å². The van der Waals surface area contributed by atoms with Crippen molar-refractivity contribution in [3.8, 4) is 11.5 Å². The Morgan fingerprint density at radius 3 is 2.87 bits per heavy atom. The molecule has 1 aliphatic carbocycles. The van der Waals surface area contributed by atoms with Gasteiger partial charge in [-0.25, -0.2) is 4.98 Å². The van der Waals surface area contributed by atoms with E-state index in [4.69, 9.17) is 14.3 Å². The SMILES string of the molecule is Cc1cccc(-c2nc(COCC3CCCC(NC(=O)CCC(=O)O)C3)c(C)o2)c1. The van der Waals surface area contributed by atoms with Crippen LogP contribution in [-0.4, -0.2) is 34.6 Å². The van der Waals surface area contributed by atoms with Crippen LogP contribution >= 0.6 is 0 Å². The van der Waals surface area contributed by atoms with Crippen LogP contribution in [-0.2, 0) is 20.9 Å². The average molecular weight is 415 g/mol. The normalized spacial score (nSPS) is 18.9. The van der Waals surface area contributed by atoms with Gasteiger partial charge in [0, 0.05) is 24.6 Å². The van der Waals surface area contributed by atoms with Gasteiger partial charge in [0.25, 0.3) is 0 Å². The molecule has 7 nitrogen and oxygen atoms in total. The van der Waals surface area contributed by atoms with Crippen LogP contribution in [0.5, 0.6) is 0 Å². The van der Waals surface area contributed by atoms with Gasteiger partial charge in [0.05, 0.1) is 13.0 Å². The lowest BCUT2D eigenvalue weighted by Crippen LogP contribution is -2.39. The number of aromatic nitrogens is 1. The second kappa shape index (κ2) is 10.4. The molecule has 162 valence electrons. The van der Waals surface area contributed by atoms with Crippen molar-refractivity contribution in [2.75, 3.05) is 6.61 Å². The van der Waals surface area contributed by atoms with Crippen molar-refractivity contribution in [2.45, 2.75) is 65.0 Å². The molecule has 2 unspecified atom stereocenters. The standard InChI is InChI=1S/C23H30N2O5/c1-15-5-3-7-18(11-15)23-25-20(16(2)30-23)14-29-13-17-6-4-8-19(12-17)24-21(26)9-10-22(27)28/h3,5,7,11,17,19H,4,6,8-10,12-14H2,1-2H3,(H,24,26)(H,27,28). The third-order valence-corrected chi connectivity index (χ3v) is 5.46. The van der Waals surface area contributed by atoms with Gasteiger partial charge < -0.3 is 19.6 Å². The fraction of sp³-hybridized carbons (Fsp3) is 0.522. The van der Waals surface area contributed by atoms with Crippen molar-refractivity contribution in [2.24, 2.45) is 5.92 Å². The number of nitrogens with one attached hydrogen (secondary N) is 1. The zero-order valence-corrected chi connectivity index (χ0v) is 17.6. The summed E-state index contributed by atoms with van der Waals surface area (Å²) in [6.45, 7) is 4.94. The summed E-state index contributed by atoms with van der Waals surface area (Å²) in [6, 6.07) is 8.14. The highest BCUT2D eigenvalue weighted by Crippen LogP contribution is 2.26. The van der Waals surface area contributed by atoms with Gasteiger partial charge >= 0.3 is 5.97 Å². The molecule has 2 atom stereocenters. The minimum atomic E-state index is -0.950. The number of nitrogens with zero attached hydrogens (tertiary/aromatic N) is 1. The molecule has 7 heteroatoms. The van der Waals surface area contributed by atoms with Crippen molar-refractivity contribution < 1.29 is 23.8 Å². The van der Waals surface area contributed by atoms with Gasteiger partial charge in [0.2, 0.25) is 11.8 Å². The van der Waals surface area contributed by atoms with E-state index >= 15 is 0 Å². The Hall–Kier alpha value is -2.67. The lowest BCUT2D eigenvalue weighted by molar-refractivity contribution is -0.139. The maximum absolute atomic E-state index is 11.9. The summed E-state index contributed by atoms with van der Waals surface area (Å²) in [7, 11) is 0. The zero-order valence-electron chi connectivity index (χ0n) is 17.6. The number of carboxylic acid groups (broad SMARTS) is 1. The van der Waals surface area contributed by atoms with Crippen LogP contribution in [0.4, 0.5) is 0 Å². The van der Waals surface area contributed by atoms with Gasteiger partial charge in [-0.15, -0.1) is 0 Å². The molecule has 1 aromatic heterocycles. The first-order chi connectivity index (χ1) is 14.4. The molecule has 0 radical (unpaired) electrons. The molecule has 2 aromatic rings. The van der Waals surface area contributed by atoms with E-state index in [-0.39, 0.29) is 24.8 Å². The molecular weight excluding hydrogens is 384 g/mol. The van der Waals surface area contributed by atoms with Gasteiger partial charge in [-0.05, 0) is 51.2 Å². The topological polar surface area (TPSA) is 102 Å². The summed E-state index contributed by atoms with van der Waals surface area (Å²) in [5, 5.41) is 11.7. The number of ether oxygens (including phenoxy) is 1. The Morgan fingerprint density at radius 1 is 1.27 bits per heavy atom. The second-order valence-electron chi connectivity index (χ2n) is 8.10. The number of hydrogen-bond donors (Lipinski definition) is 2. The highest BCUT2D eigenvalue weighted by atomic mass is 16.5. The van der Waals surface area contributed by atoms with E-state index in [0.29, 0.717) is 25.0 Å². The molecule has 1 heterocycles.